The number of rotatable bonds is 8. The average molecular weight is 248 g/mol. The van der Waals surface area contributed by atoms with Crippen LogP contribution in [0.1, 0.15) is 44.6 Å². The summed E-state index contributed by atoms with van der Waals surface area (Å²) < 4.78 is 0. The van der Waals surface area contributed by atoms with Gasteiger partial charge in [-0.3, -0.25) is 4.79 Å². The summed E-state index contributed by atoms with van der Waals surface area (Å²) in [5.41, 5.74) is 6.61. The van der Waals surface area contributed by atoms with E-state index >= 15 is 0 Å². The lowest BCUT2D eigenvalue weighted by Crippen LogP contribution is -2.35. The summed E-state index contributed by atoms with van der Waals surface area (Å²) in [4.78, 5) is 11.1. The number of carbonyl (C=O) groups excluding carboxylic acids is 1. The van der Waals surface area contributed by atoms with Crippen molar-refractivity contribution in [3.8, 4) is 0 Å². The molecule has 3 nitrogen and oxygen atoms in total. The fourth-order valence-electron chi connectivity index (χ4n) is 2.17. The van der Waals surface area contributed by atoms with Crippen LogP contribution in [0.5, 0.6) is 0 Å². The van der Waals surface area contributed by atoms with Gasteiger partial charge >= 0.3 is 0 Å². The predicted molar refractivity (Wildman–Crippen MR) is 75.4 cm³/mol. The molecule has 0 saturated carbocycles. The van der Waals surface area contributed by atoms with Crippen LogP contribution >= 0.6 is 0 Å². The number of benzene rings is 1. The van der Waals surface area contributed by atoms with Gasteiger partial charge in [0.15, 0.2) is 0 Å². The molecule has 0 aliphatic rings. The van der Waals surface area contributed by atoms with Crippen LogP contribution in [0.15, 0.2) is 30.3 Å². The molecule has 0 fully saturated rings. The third-order valence-electron chi connectivity index (χ3n) is 3.14. The average Bonchev–Trinajstić information content (AvgIpc) is 2.36. The van der Waals surface area contributed by atoms with E-state index in [-0.39, 0.29) is 11.9 Å². The van der Waals surface area contributed by atoms with E-state index in [4.69, 9.17) is 5.73 Å². The van der Waals surface area contributed by atoms with Crippen LogP contribution in [0.25, 0.3) is 0 Å². The Labute approximate surface area is 110 Å². The Morgan fingerprint density at radius 2 is 2.00 bits per heavy atom. The molecule has 0 bridgehead atoms. The van der Waals surface area contributed by atoms with Gasteiger partial charge in [-0.05, 0) is 30.9 Å². The summed E-state index contributed by atoms with van der Waals surface area (Å²) in [6.45, 7) is 5.24. The van der Waals surface area contributed by atoms with Gasteiger partial charge in [-0.15, -0.1) is 0 Å². The van der Waals surface area contributed by atoms with Gasteiger partial charge in [-0.25, -0.2) is 0 Å². The van der Waals surface area contributed by atoms with E-state index in [1.165, 1.54) is 5.56 Å². The van der Waals surface area contributed by atoms with Crippen molar-refractivity contribution >= 4 is 5.91 Å². The minimum atomic E-state index is -0.233. The summed E-state index contributed by atoms with van der Waals surface area (Å²) in [6.07, 6.45) is 2.42. The highest BCUT2D eigenvalue weighted by atomic mass is 16.1. The second-order valence-electron chi connectivity index (χ2n) is 4.87. The van der Waals surface area contributed by atoms with Crippen LogP contribution in [0.3, 0.4) is 0 Å². The molecule has 0 saturated heterocycles. The van der Waals surface area contributed by atoms with E-state index in [0.717, 1.165) is 19.4 Å². The molecule has 3 heteroatoms. The van der Waals surface area contributed by atoms with Crippen molar-refractivity contribution in [1.29, 1.82) is 0 Å². The summed E-state index contributed by atoms with van der Waals surface area (Å²) in [5, 5.41) is 3.40. The first-order chi connectivity index (χ1) is 8.63. The molecule has 2 unspecified atom stereocenters. The second-order valence-corrected chi connectivity index (χ2v) is 4.87. The van der Waals surface area contributed by atoms with Crippen molar-refractivity contribution in [3.63, 3.8) is 0 Å². The molecule has 0 aromatic heterocycles. The van der Waals surface area contributed by atoms with Gasteiger partial charge in [0.2, 0.25) is 5.91 Å². The predicted octanol–water partition coefficient (Wildman–Crippen LogP) is 2.42. The highest BCUT2D eigenvalue weighted by molar-refractivity contribution is 5.74. The number of hydrogen-bond acceptors (Lipinski definition) is 2. The van der Waals surface area contributed by atoms with E-state index in [0.29, 0.717) is 12.3 Å². The summed E-state index contributed by atoms with van der Waals surface area (Å²) in [5.74, 6) is 0.198. The Morgan fingerprint density at radius 3 is 2.56 bits per heavy atom. The molecule has 1 aromatic carbocycles. The van der Waals surface area contributed by atoms with Gasteiger partial charge in [0.25, 0.3) is 0 Å². The monoisotopic (exact) mass is 248 g/mol. The summed E-state index contributed by atoms with van der Waals surface area (Å²) in [7, 11) is 0. The zero-order valence-electron chi connectivity index (χ0n) is 11.4. The molecule has 0 aliphatic carbocycles. The first-order valence-corrected chi connectivity index (χ1v) is 6.70. The summed E-state index contributed by atoms with van der Waals surface area (Å²) in [6, 6.07) is 10.6. The van der Waals surface area contributed by atoms with Gasteiger partial charge in [0, 0.05) is 12.5 Å². The van der Waals surface area contributed by atoms with Crippen LogP contribution < -0.4 is 11.1 Å². The molecule has 0 radical (unpaired) electrons. The first kappa shape index (κ1) is 14.7. The van der Waals surface area contributed by atoms with Crippen molar-refractivity contribution in [3.05, 3.63) is 35.9 Å². The maximum Gasteiger partial charge on any atom is 0.218 e. The normalized spacial score (nSPS) is 14.1. The van der Waals surface area contributed by atoms with Crippen LogP contribution in [-0.2, 0) is 4.79 Å². The number of primary amides is 1. The van der Waals surface area contributed by atoms with Gasteiger partial charge in [-0.2, -0.15) is 0 Å². The van der Waals surface area contributed by atoms with E-state index in [2.05, 4.69) is 31.3 Å². The third-order valence-corrected chi connectivity index (χ3v) is 3.14. The topological polar surface area (TPSA) is 55.1 Å². The Balaban J connectivity index is 2.56. The second kappa shape index (κ2) is 7.88. The molecule has 2 atom stereocenters. The van der Waals surface area contributed by atoms with E-state index < -0.39 is 0 Å². The molecule has 0 aliphatic heterocycles. The van der Waals surface area contributed by atoms with Gasteiger partial charge in [0.1, 0.15) is 0 Å². The SMILES string of the molecule is CCCNC(CC(N)=O)CC(C)c1ccccc1. The molecular formula is C15H24N2O. The number of hydrogen-bond donors (Lipinski definition) is 2. The maximum atomic E-state index is 11.1. The molecule has 1 amide bonds. The Kier molecular flexibility index (Phi) is 6.44. The largest absolute Gasteiger partial charge is 0.370 e. The number of carbonyl (C=O) groups is 1. The smallest absolute Gasteiger partial charge is 0.218 e. The van der Waals surface area contributed by atoms with Crippen molar-refractivity contribution < 1.29 is 4.79 Å². The highest BCUT2D eigenvalue weighted by Crippen LogP contribution is 2.21. The van der Waals surface area contributed by atoms with Crippen LogP contribution in [-0.4, -0.2) is 18.5 Å². The van der Waals surface area contributed by atoms with Crippen molar-refractivity contribution in [1.82, 2.24) is 5.32 Å². The standard InChI is InChI=1S/C15H24N2O/c1-3-9-17-14(11-15(16)18)10-12(2)13-7-5-4-6-8-13/h4-8,12,14,17H,3,9-11H2,1-2H3,(H2,16,18). The lowest BCUT2D eigenvalue weighted by molar-refractivity contribution is -0.118. The molecule has 0 heterocycles. The molecule has 1 aromatic rings. The van der Waals surface area contributed by atoms with Crippen LogP contribution in [0.4, 0.5) is 0 Å². The zero-order valence-corrected chi connectivity index (χ0v) is 11.4. The fraction of sp³-hybridized carbons (Fsp3) is 0.533. The minimum absolute atomic E-state index is 0.178. The number of nitrogens with two attached hydrogens (primary N) is 1. The Morgan fingerprint density at radius 1 is 1.33 bits per heavy atom. The fourth-order valence-corrected chi connectivity index (χ4v) is 2.17. The van der Waals surface area contributed by atoms with E-state index in [9.17, 15) is 4.79 Å². The zero-order chi connectivity index (χ0) is 13.4. The molecule has 18 heavy (non-hydrogen) atoms. The van der Waals surface area contributed by atoms with E-state index in [1.807, 2.05) is 18.2 Å². The van der Waals surface area contributed by atoms with Gasteiger partial charge in [0.05, 0.1) is 0 Å². The molecule has 3 N–H and O–H groups in total. The molecule has 100 valence electrons. The highest BCUT2D eigenvalue weighted by Gasteiger charge is 2.15. The van der Waals surface area contributed by atoms with Crippen LogP contribution in [0, 0.1) is 0 Å². The number of nitrogens with one attached hydrogen (secondary N) is 1. The van der Waals surface area contributed by atoms with E-state index in [1.54, 1.807) is 0 Å². The third kappa shape index (κ3) is 5.32. The summed E-state index contributed by atoms with van der Waals surface area (Å²) >= 11 is 0. The first-order valence-electron chi connectivity index (χ1n) is 6.70. The quantitative estimate of drug-likeness (QED) is 0.742. The van der Waals surface area contributed by atoms with Crippen molar-refractivity contribution in [2.45, 2.75) is 45.1 Å². The molecule has 1 rings (SSSR count). The number of amides is 1. The lowest BCUT2D eigenvalue weighted by atomic mass is 9.92. The maximum absolute atomic E-state index is 11.1. The van der Waals surface area contributed by atoms with Gasteiger partial charge < -0.3 is 11.1 Å². The van der Waals surface area contributed by atoms with Crippen LogP contribution in [0.2, 0.25) is 0 Å². The Hall–Kier alpha value is -1.35. The van der Waals surface area contributed by atoms with Gasteiger partial charge in [-0.1, -0.05) is 44.2 Å². The molecule has 0 spiro atoms. The molecular weight excluding hydrogens is 224 g/mol. The van der Waals surface area contributed by atoms with Crippen molar-refractivity contribution in [2.24, 2.45) is 5.73 Å². The van der Waals surface area contributed by atoms with Crippen molar-refractivity contribution in [2.75, 3.05) is 6.54 Å². The Bertz CT molecular complexity index is 351. The lowest BCUT2D eigenvalue weighted by Gasteiger charge is -2.21. The minimum Gasteiger partial charge on any atom is -0.370 e.